The van der Waals surface area contributed by atoms with E-state index < -0.39 is 18.1 Å². The van der Waals surface area contributed by atoms with Crippen LogP contribution >= 0.6 is 11.3 Å². The predicted octanol–water partition coefficient (Wildman–Crippen LogP) is 4.39. The van der Waals surface area contributed by atoms with Crippen molar-refractivity contribution in [2.75, 3.05) is 13.1 Å². The second-order valence-electron chi connectivity index (χ2n) is 7.25. The van der Waals surface area contributed by atoms with E-state index in [1.807, 2.05) is 6.07 Å². The van der Waals surface area contributed by atoms with Crippen molar-refractivity contribution in [1.29, 1.82) is 0 Å². The fourth-order valence-electron chi connectivity index (χ4n) is 3.27. The molecule has 3 aromatic heterocycles. The van der Waals surface area contributed by atoms with E-state index >= 15 is 0 Å². The molecule has 4 heterocycles. The Hall–Kier alpha value is -3.05. The summed E-state index contributed by atoms with van der Waals surface area (Å²) in [6.07, 6.45) is 0.164. The van der Waals surface area contributed by atoms with E-state index in [0.29, 0.717) is 5.56 Å². The van der Waals surface area contributed by atoms with Gasteiger partial charge in [-0.15, -0.1) is 26.6 Å². The molecule has 1 fully saturated rings. The first-order chi connectivity index (χ1) is 15.0. The van der Waals surface area contributed by atoms with Crippen LogP contribution in [-0.4, -0.2) is 43.2 Å². The lowest BCUT2D eigenvalue weighted by Gasteiger charge is -2.29. The number of nitrogens with zero attached hydrogens (tertiary/aromatic N) is 6. The topological polar surface area (TPSA) is 72.9 Å². The van der Waals surface area contributed by atoms with Crippen molar-refractivity contribution in [3.8, 4) is 22.0 Å². The van der Waals surface area contributed by atoms with Crippen molar-refractivity contribution in [1.82, 2.24) is 30.1 Å². The van der Waals surface area contributed by atoms with Crippen LogP contribution in [0.1, 0.15) is 29.2 Å². The molecule has 0 atom stereocenters. The van der Waals surface area contributed by atoms with E-state index in [4.69, 9.17) is 4.42 Å². The normalized spacial score (nSPS) is 14.3. The van der Waals surface area contributed by atoms with Crippen LogP contribution in [0.4, 0.5) is 13.2 Å². The molecule has 1 aliphatic rings. The van der Waals surface area contributed by atoms with Crippen LogP contribution in [-0.2, 0) is 13.1 Å². The van der Waals surface area contributed by atoms with Gasteiger partial charge < -0.3 is 4.42 Å². The molecule has 1 aliphatic heterocycles. The minimum atomic E-state index is -2.87. The Kier molecular flexibility index (Phi) is 5.28. The Bertz CT molecular complexity index is 1200. The van der Waals surface area contributed by atoms with Gasteiger partial charge in [0.05, 0.1) is 17.6 Å². The van der Waals surface area contributed by atoms with E-state index in [-0.39, 0.29) is 18.0 Å². The van der Waals surface area contributed by atoms with E-state index in [1.54, 1.807) is 28.3 Å². The highest BCUT2D eigenvalue weighted by atomic mass is 32.1. The van der Waals surface area contributed by atoms with Crippen LogP contribution in [0.15, 0.2) is 40.9 Å². The van der Waals surface area contributed by atoms with Gasteiger partial charge in [0.15, 0.2) is 0 Å². The van der Waals surface area contributed by atoms with Gasteiger partial charge in [-0.2, -0.15) is 8.78 Å². The summed E-state index contributed by atoms with van der Waals surface area (Å²) >= 11 is 1.68. The molecule has 0 N–H and O–H groups in total. The van der Waals surface area contributed by atoms with Gasteiger partial charge in [-0.1, -0.05) is 11.3 Å². The van der Waals surface area contributed by atoms with Crippen LogP contribution in [0.3, 0.4) is 0 Å². The summed E-state index contributed by atoms with van der Waals surface area (Å²) in [6, 6.07) is 8.39. The molecule has 0 aliphatic carbocycles. The SMILES string of the molecule is Fc1cc(-c2nnc(C(F)F)o2)ccc1Cn1cc(-c2ccc(CN3CCC3)s2)nn1. The molecule has 0 saturated carbocycles. The Balaban J connectivity index is 1.28. The average Bonchev–Trinajstić information content (AvgIpc) is 3.46. The lowest BCUT2D eigenvalue weighted by molar-refractivity contribution is 0.116. The van der Waals surface area contributed by atoms with Gasteiger partial charge in [0.25, 0.3) is 5.89 Å². The van der Waals surface area contributed by atoms with E-state index in [1.165, 1.54) is 23.4 Å². The fraction of sp³-hybridized carbons (Fsp3) is 0.300. The summed E-state index contributed by atoms with van der Waals surface area (Å²) in [5.41, 5.74) is 1.34. The minimum absolute atomic E-state index is 0.157. The molecule has 4 aromatic rings. The van der Waals surface area contributed by atoms with Gasteiger partial charge >= 0.3 is 6.43 Å². The number of rotatable bonds is 7. The number of hydrogen-bond donors (Lipinski definition) is 0. The van der Waals surface area contributed by atoms with Crippen LogP contribution in [0.5, 0.6) is 0 Å². The predicted molar refractivity (Wildman–Crippen MR) is 107 cm³/mol. The third-order valence-electron chi connectivity index (χ3n) is 5.04. The molecule has 0 spiro atoms. The molecule has 1 aromatic carbocycles. The molecule has 1 saturated heterocycles. The number of alkyl halides is 2. The van der Waals surface area contributed by atoms with Crippen LogP contribution in [0.2, 0.25) is 0 Å². The molecule has 160 valence electrons. The lowest BCUT2D eigenvalue weighted by Crippen LogP contribution is -2.35. The Morgan fingerprint density at radius 2 is 1.94 bits per heavy atom. The molecule has 5 rings (SSSR count). The Morgan fingerprint density at radius 3 is 2.65 bits per heavy atom. The molecule has 0 amide bonds. The van der Waals surface area contributed by atoms with Gasteiger partial charge in [-0.3, -0.25) is 4.90 Å². The zero-order valence-corrected chi connectivity index (χ0v) is 17.0. The van der Waals surface area contributed by atoms with Crippen molar-refractivity contribution in [3.63, 3.8) is 0 Å². The van der Waals surface area contributed by atoms with Crippen molar-refractivity contribution >= 4 is 11.3 Å². The standard InChI is InChI=1S/C20H17F3N6OS/c21-15-8-12(19-25-26-20(30-19)18(22)23)2-3-13(15)9-29-11-16(24-27-29)17-5-4-14(31-17)10-28-6-1-7-28/h2-5,8,11,18H,1,6-7,9-10H2. The second-order valence-corrected chi connectivity index (χ2v) is 8.42. The van der Waals surface area contributed by atoms with Crippen LogP contribution < -0.4 is 0 Å². The zero-order chi connectivity index (χ0) is 21.4. The maximum atomic E-state index is 14.6. The maximum absolute atomic E-state index is 14.6. The molecule has 0 radical (unpaired) electrons. The summed E-state index contributed by atoms with van der Waals surface area (Å²) in [5.74, 6) is -1.48. The summed E-state index contributed by atoms with van der Waals surface area (Å²) in [6.45, 7) is 3.42. The third-order valence-corrected chi connectivity index (χ3v) is 6.13. The Labute approximate surface area is 179 Å². The van der Waals surface area contributed by atoms with Crippen LogP contribution in [0.25, 0.3) is 22.0 Å². The summed E-state index contributed by atoms with van der Waals surface area (Å²) in [5, 5.41) is 15.1. The first-order valence-corrected chi connectivity index (χ1v) is 10.5. The lowest BCUT2D eigenvalue weighted by atomic mass is 10.1. The number of aromatic nitrogens is 5. The first-order valence-electron chi connectivity index (χ1n) is 9.67. The highest BCUT2D eigenvalue weighted by Crippen LogP contribution is 2.29. The first kappa shape index (κ1) is 19.9. The average molecular weight is 446 g/mol. The number of halogens is 3. The summed E-state index contributed by atoms with van der Waals surface area (Å²) in [7, 11) is 0. The number of benzene rings is 1. The van der Waals surface area contributed by atoms with Gasteiger partial charge in [-0.05, 0) is 43.8 Å². The van der Waals surface area contributed by atoms with E-state index in [0.717, 1.165) is 30.2 Å². The van der Waals surface area contributed by atoms with E-state index in [2.05, 4.69) is 31.5 Å². The highest BCUT2D eigenvalue weighted by molar-refractivity contribution is 7.15. The molecular formula is C20H17F3N6OS. The monoisotopic (exact) mass is 446 g/mol. The quantitative estimate of drug-likeness (QED) is 0.419. The minimum Gasteiger partial charge on any atom is -0.415 e. The highest BCUT2D eigenvalue weighted by Gasteiger charge is 2.18. The molecule has 0 bridgehead atoms. The van der Waals surface area contributed by atoms with Crippen molar-refractivity contribution in [3.05, 3.63) is 58.7 Å². The number of hydrogen-bond acceptors (Lipinski definition) is 7. The van der Waals surface area contributed by atoms with Gasteiger partial charge in [0.2, 0.25) is 5.89 Å². The summed E-state index contributed by atoms with van der Waals surface area (Å²) < 4.78 is 46.2. The van der Waals surface area contributed by atoms with Crippen LogP contribution in [0, 0.1) is 5.82 Å². The number of likely N-dealkylation sites (tertiary alicyclic amines) is 1. The van der Waals surface area contributed by atoms with Gasteiger partial charge in [0, 0.05) is 22.5 Å². The Morgan fingerprint density at radius 1 is 1.06 bits per heavy atom. The van der Waals surface area contributed by atoms with Crippen molar-refractivity contribution in [2.24, 2.45) is 0 Å². The molecule has 0 unspecified atom stereocenters. The largest absolute Gasteiger partial charge is 0.415 e. The van der Waals surface area contributed by atoms with Crippen molar-refractivity contribution in [2.45, 2.75) is 25.9 Å². The smallest absolute Gasteiger partial charge is 0.314 e. The number of thiophene rings is 1. The second kappa shape index (κ2) is 8.23. The summed E-state index contributed by atoms with van der Waals surface area (Å²) in [4.78, 5) is 4.69. The van der Waals surface area contributed by atoms with Gasteiger partial charge in [-0.25, -0.2) is 9.07 Å². The third kappa shape index (κ3) is 4.23. The van der Waals surface area contributed by atoms with E-state index in [9.17, 15) is 13.2 Å². The molecule has 11 heteroatoms. The fourth-order valence-corrected chi connectivity index (χ4v) is 4.27. The molecule has 31 heavy (non-hydrogen) atoms. The molecular weight excluding hydrogens is 429 g/mol. The maximum Gasteiger partial charge on any atom is 0.314 e. The zero-order valence-electron chi connectivity index (χ0n) is 16.2. The van der Waals surface area contributed by atoms with Gasteiger partial charge in [0.1, 0.15) is 11.5 Å². The molecule has 7 nitrogen and oxygen atoms in total. The van der Waals surface area contributed by atoms with Crippen molar-refractivity contribution < 1.29 is 17.6 Å².